The molecule has 1 aliphatic rings. The van der Waals surface area contributed by atoms with Gasteiger partial charge < -0.3 is 19.9 Å². The fourth-order valence-electron chi connectivity index (χ4n) is 1.65. The summed E-state index contributed by atoms with van der Waals surface area (Å²) in [5.41, 5.74) is -1.59. The summed E-state index contributed by atoms with van der Waals surface area (Å²) in [4.78, 5) is 19.9. The number of carbonyl (C=O) groups is 2. The van der Waals surface area contributed by atoms with Gasteiger partial charge >= 0.3 is 12.3 Å². The molecule has 3 N–H and O–H groups in total. The quantitative estimate of drug-likeness (QED) is 0.541. The molecule has 0 aromatic heterocycles. The molecule has 0 saturated heterocycles. The van der Waals surface area contributed by atoms with Crippen LogP contribution in [0.4, 0.5) is 29.3 Å². The molecule has 0 radical (unpaired) electrons. The smallest absolute Gasteiger partial charge is 0.427 e. The minimum atomic E-state index is -4.64. The maximum atomic E-state index is 12.6. The summed E-state index contributed by atoms with van der Waals surface area (Å²) in [5, 5.41) is 12.2. The van der Waals surface area contributed by atoms with Gasteiger partial charge in [-0.25, -0.2) is 4.79 Å². The van der Waals surface area contributed by atoms with E-state index in [0.29, 0.717) is 30.3 Å². The fraction of sp³-hybridized carbons (Fsp3) is 0.579. The molecule has 2 rings (SSSR count). The standard InChI is InChI=1S/C13H15F3N2O3.C3H8.C2H6.CH2O2/c1-12(2,13(14,15)16)21-11(19)18-8-3-4-10-9(7-8)17-5-6-20-10;1-3-2;1-2;2-1-3/h3-4,7,17H,5-6H2,1-2H3,(H,18,19);3H2,1-2H3;1-2H3;1H,(H,2,3). The number of fused-ring (bicyclic) bond motifs is 1. The molecular weight excluding hydrogens is 393 g/mol. The van der Waals surface area contributed by atoms with Crippen molar-refractivity contribution in [2.24, 2.45) is 0 Å². The average Bonchev–Trinajstić information content (AvgIpc) is 2.63. The molecule has 1 amide bonds. The van der Waals surface area contributed by atoms with E-state index in [1.807, 2.05) is 13.8 Å². The number of rotatable bonds is 2. The van der Waals surface area contributed by atoms with Gasteiger partial charge in [-0.05, 0) is 32.0 Å². The number of benzene rings is 1. The lowest BCUT2D eigenvalue weighted by Crippen LogP contribution is -2.44. The Morgan fingerprint density at radius 1 is 1.31 bits per heavy atom. The Morgan fingerprint density at radius 3 is 2.31 bits per heavy atom. The largest absolute Gasteiger partial charge is 0.490 e. The van der Waals surface area contributed by atoms with Crippen molar-refractivity contribution in [2.75, 3.05) is 23.8 Å². The third-order valence-electron chi connectivity index (χ3n) is 2.93. The molecule has 1 heterocycles. The Labute approximate surface area is 169 Å². The van der Waals surface area contributed by atoms with Gasteiger partial charge in [0.15, 0.2) is 0 Å². The summed E-state index contributed by atoms with van der Waals surface area (Å²) >= 11 is 0. The molecule has 10 heteroatoms. The highest BCUT2D eigenvalue weighted by atomic mass is 19.4. The molecule has 0 aliphatic carbocycles. The maximum Gasteiger partial charge on any atom is 0.427 e. The lowest BCUT2D eigenvalue weighted by Gasteiger charge is -2.27. The van der Waals surface area contributed by atoms with Gasteiger partial charge in [0, 0.05) is 12.2 Å². The van der Waals surface area contributed by atoms with Crippen molar-refractivity contribution in [1.29, 1.82) is 0 Å². The molecule has 0 fully saturated rings. The van der Waals surface area contributed by atoms with Gasteiger partial charge in [-0.2, -0.15) is 13.2 Å². The van der Waals surface area contributed by atoms with Gasteiger partial charge in [0.05, 0.1) is 5.69 Å². The number of ether oxygens (including phenoxy) is 2. The van der Waals surface area contributed by atoms with Crippen molar-refractivity contribution in [3.63, 3.8) is 0 Å². The molecule has 1 aromatic carbocycles. The first-order valence-electron chi connectivity index (χ1n) is 9.17. The zero-order valence-electron chi connectivity index (χ0n) is 17.6. The summed E-state index contributed by atoms with van der Waals surface area (Å²) in [6.45, 7) is 10.7. The number of hydrogen-bond acceptors (Lipinski definition) is 5. The van der Waals surface area contributed by atoms with Gasteiger partial charge in [-0.3, -0.25) is 10.1 Å². The molecule has 7 nitrogen and oxygen atoms in total. The number of nitrogens with one attached hydrogen (secondary N) is 2. The highest BCUT2D eigenvalue weighted by molar-refractivity contribution is 5.86. The second-order valence-electron chi connectivity index (χ2n) is 5.82. The number of anilines is 2. The highest BCUT2D eigenvalue weighted by Crippen LogP contribution is 2.34. The van der Waals surface area contributed by atoms with E-state index in [2.05, 4.69) is 29.2 Å². The Balaban J connectivity index is 0. The van der Waals surface area contributed by atoms with Gasteiger partial charge in [0.1, 0.15) is 12.4 Å². The van der Waals surface area contributed by atoms with Crippen molar-refractivity contribution in [3.05, 3.63) is 18.2 Å². The first-order chi connectivity index (χ1) is 13.5. The van der Waals surface area contributed by atoms with Gasteiger partial charge in [-0.15, -0.1) is 0 Å². The highest BCUT2D eigenvalue weighted by Gasteiger charge is 2.50. The summed E-state index contributed by atoms with van der Waals surface area (Å²) in [6, 6.07) is 4.70. The first kappa shape index (κ1) is 28.6. The molecule has 0 bridgehead atoms. The molecule has 1 aromatic rings. The third kappa shape index (κ3) is 11.1. The number of halogens is 3. The van der Waals surface area contributed by atoms with Crippen LogP contribution in [0.5, 0.6) is 5.75 Å². The lowest BCUT2D eigenvalue weighted by atomic mass is 10.1. The lowest BCUT2D eigenvalue weighted by molar-refractivity contribution is -0.242. The Hall–Kier alpha value is -2.65. The Morgan fingerprint density at radius 2 is 1.83 bits per heavy atom. The van der Waals surface area contributed by atoms with E-state index < -0.39 is 17.9 Å². The molecule has 1 aliphatic heterocycles. The summed E-state index contributed by atoms with van der Waals surface area (Å²) < 4.78 is 47.7. The fourth-order valence-corrected chi connectivity index (χ4v) is 1.65. The minimum Gasteiger partial charge on any atom is -0.490 e. The van der Waals surface area contributed by atoms with Crippen LogP contribution in [-0.2, 0) is 9.53 Å². The minimum absolute atomic E-state index is 0.250. The molecule has 29 heavy (non-hydrogen) atoms. The normalized spacial score (nSPS) is 11.8. The van der Waals surface area contributed by atoms with Crippen LogP contribution in [0.1, 0.15) is 48.0 Å². The number of carboxylic acid groups (broad SMARTS) is 1. The zero-order chi connectivity index (χ0) is 23.1. The number of hydrogen-bond donors (Lipinski definition) is 3. The molecule has 0 saturated carbocycles. The van der Waals surface area contributed by atoms with Crippen molar-refractivity contribution < 1.29 is 37.3 Å². The van der Waals surface area contributed by atoms with Crippen LogP contribution in [-0.4, -0.2) is 42.6 Å². The Bertz CT molecular complexity index is 608. The summed E-state index contributed by atoms with van der Waals surface area (Å²) in [5.74, 6) is 0.621. The topological polar surface area (TPSA) is 96.9 Å². The van der Waals surface area contributed by atoms with E-state index in [-0.39, 0.29) is 6.47 Å². The Kier molecular flexibility index (Phi) is 14.1. The number of carbonyl (C=O) groups excluding carboxylic acids is 1. The van der Waals surface area contributed by atoms with E-state index in [0.717, 1.165) is 13.8 Å². The van der Waals surface area contributed by atoms with Gasteiger partial charge in [0.25, 0.3) is 6.47 Å². The monoisotopic (exact) mass is 424 g/mol. The van der Waals surface area contributed by atoms with Crippen molar-refractivity contribution in [3.8, 4) is 5.75 Å². The van der Waals surface area contributed by atoms with Crippen molar-refractivity contribution >= 4 is 23.9 Å². The SMILES string of the molecule is CC.CC(C)(OC(=O)Nc1ccc2c(c1)NCCO2)C(F)(F)F.CCC.O=CO. The van der Waals surface area contributed by atoms with E-state index in [1.54, 1.807) is 12.1 Å². The average molecular weight is 424 g/mol. The number of alkyl halides is 3. The molecule has 168 valence electrons. The van der Waals surface area contributed by atoms with E-state index in [9.17, 15) is 18.0 Å². The second kappa shape index (κ2) is 14.4. The first-order valence-corrected chi connectivity index (χ1v) is 9.17. The van der Waals surface area contributed by atoms with Crippen LogP contribution in [0.15, 0.2) is 18.2 Å². The predicted molar refractivity (Wildman–Crippen MR) is 107 cm³/mol. The van der Waals surface area contributed by atoms with Crippen LogP contribution < -0.4 is 15.4 Å². The maximum absolute atomic E-state index is 12.6. The van der Waals surface area contributed by atoms with E-state index in [4.69, 9.17) is 14.6 Å². The predicted octanol–water partition coefficient (Wildman–Crippen LogP) is 5.52. The van der Waals surface area contributed by atoms with Crippen molar-refractivity contribution in [1.82, 2.24) is 0 Å². The van der Waals surface area contributed by atoms with Crippen LogP contribution in [0.3, 0.4) is 0 Å². The van der Waals surface area contributed by atoms with Crippen LogP contribution in [0.25, 0.3) is 0 Å². The van der Waals surface area contributed by atoms with Crippen LogP contribution >= 0.6 is 0 Å². The molecule has 0 atom stereocenters. The van der Waals surface area contributed by atoms with Gasteiger partial charge in [0.2, 0.25) is 5.60 Å². The van der Waals surface area contributed by atoms with E-state index in [1.165, 1.54) is 12.5 Å². The molecule has 0 spiro atoms. The zero-order valence-corrected chi connectivity index (χ0v) is 17.6. The second-order valence-corrected chi connectivity index (χ2v) is 5.82. The number of amides is 1. The third-order valence-corrected chi connectivity index (χ3v) is 2.93. The summed E-state index contributed by atoms with van der Waals surface area (Å²) in [6.07, 6.45) is -4.57. The summed E-state index contributed by atoms with van der Waals surface area (Å²) in [7, 11) is 0. The molecule has 0 unspecified atom stereocenters. The van der Waals surface area contributed by atoms with Crippen LogP contribution in [0, 0.1) is 0 Å². The van der Waals surface area contributed by atoms with E-state index >= 15 is 0 Å². The van der Waals surface area contributed by atoms with Crippen LogP contribution in [0.2, 0.25) is 0 Å². The van der Waals surface area contributed by atoms with Crippen molar-refractivity contribution in [2.45, 2.75) is 59.7 Å². The molecular formula is C19H31F3N2O5. The van der Waals surface area contributed by atoms with Gasteiger partial charge in [-0.1, -0.05) is 34.1 Å².